The van der Waals surface area contributed by atoms with Crippen molar-refractivity contribution in [2.45, 2.75) is 124 Å². The Morgan fingerprint density at radius 1 is 0.677 bits per heavy atom. The second-order valence-corrected chi connectivity index (χ2v) is 9.63. The van der Waals surface area contributed by atoms with Gasteiger partial charge in [0.25, 0.3) is 0 Å². The molecule has 5 nitrogen and oxygen atoms in total. The third-order valence-electron chi connectivity index (χ3n) is 6.43. The minimum Gasteiger partial charge on any atom is -0.481 e. The van der Waals surface area contributed by atoms with E-state index in [0.717, 1.165) is 25.2 Å². The second-order valence-electron chi connectivity index (χ2n) is 9.63. The van der Waals surface area contributed by atoms with Crippen molar-refractivity contribution in [3.63, 3.8) is 0 Å². The molecule has 0 saturated carbocycles. The van der Waals surface area contributed by atoms with Crippen LogP contribution in [0, 0.1) is 17.3 Å². The van der Waals surface area contributed by atoms with E-state index in [1.165, 1.54) is 70.6 Å². The van der Waals surface area contributed by atoms with Gasteiger partial charge in [-0.2, -0.15) is 0 Å². The Bertz CT molecular complexity index is 362. The van der Waals surface area contributed by atoms with Crippen LogP contribution in [-0.4, -0.2) is 46.2 Å². The molecule has 0 spiro atoms. The molecule has 1 atom stereocenters. The Balaban J connectivity index is 0. The van der Waals surface area contributed by atoms with Gasteiger partial charge in [0.15, 0.2) is 0 Å². The van der Waals surface area contributed by atoms with Crippen LogP contribution in [0.1, 0.15) is 124 Å². The largest absolute Gasteiger partial charge is 0.481 e. The van der Waals surface area contributed by atoms with Crippen molar-refractivity contribution in [2.24, 2.45) is 17.3 Å². The van der Waals surface area contributed by atoms with E-state index in [-0.39, 0.29) is 25.7 Å². The van der Waals surface area contributed by atoms with E-state index in [4.69, 9.17) is 20.4 Å². The Hall–Kier alpha value is -0.650. The molecule has 0 saturated heterocycles. The lowest BCUT2D eigenvalue weighted by atomic mass is 9.88. The quantitative estimate of drug-likeness (QED) is 0.167. The maximum absolute atomic E-state index is 10.9. The van der Waals surface area contributed by atoms with Gasteiger partial charge in [-0.05, 0) is 25.2 Å². The van der Waals surface area contributed by atoms with Gasteiger partial charge < -0.3 is 20.4 Å². The summed E-state index contributed by atoms with van der Waals surface area (Å²) in [5.74, 6) is 0.134. The van der Waals surface area contributed by atoms with E-state index in [1.54, 1.807) is 0 Å². The van der Waals surface area contributed by atoms with E-state index in [1.807, 2.05) is 13.8 Å². The smallest absolute Gasteiger partial charge is 0.306 e. The molecule has 0 heterocycles. The van der Waals surface area contributed by atoms with Gasteiger partial charge in [-0.3, -0.25) is 4.79 Å². The molecule has 31 heavy (non-hydrogen) atoms. The average Bonchev–Trinajstić information content (AvgIpc) is 2.76. The molecule has 0 bridgehead atoms. The number of hydrogen-bond donors (Lipinski definition) is 4. The topological polar surface area (TPSA) is 98.0 Å². The van der Waals surface area contributed by atoms with Crippen molar-refractivity contribution in [1.82, 2.24) is 0 Å². The van der Waals surface area contributed by atoms with Crippen molar-refractivity contribution in [3.05, 3.63) is 0 Å². The molecule has 0 rings (SSSR count). The number of aliphatic hydroxyl groups excluding tert-OH is 3. The minimum atomic E-state index is -0.667. The SMILES string of the molecule is CCC(CCCCCCCCCCCCCC(C)C)C(=O)O.CCC(CO)(CO)CO. The van der Waals surface area contributed by atoms with Crippen LogP contribution in [-0.2, 0) is 4.79 Å². The van der Waals surface area contributed by atoms with Gasteiger partial charge >= 0.3 is 5.97 Å². The number of hydrogen-bond acceptors (Lipinski definition) is 4. The number of aliphatic hydroxyl groups is 3. The summed E-state index contributed by atoms with van der Waals surface area (Å²) in [6, 6.07) is 0. The molecule has 1 unspecified atom stereocenters. The van der Waals surface area contributed by atoms with Crippen LogP contribution in [0.5, 0.6) is 0 Å². The van der Waals surface area contributed by atoms with Crippen LogP contribution in [0.4, 0.5) is 0 Å². The highest BCUT2D eigenvalue weighted by Gasteiger charge is 2.24. The highest BCUT2D eigenvalue weighted by molar-refractivity contribution is 5.69. The van der Waals surface area contributed by atoms with Gasteiger partial charge in [0.2, 0.25) is 0 Å². The lowest BCUT2D eigenvalue weighted by Gasteiger charge is -2.24. The Labute approximate surface area is 192 Å². The number of carbonyl (C=O) groups is 1. The molecular weight excluding hydrogens is 392 g/mol. The summed E-state index contributed by atoms with van der Waals surface area (Å²) in [5.41, 5.74) is -0.667. The zero-order valence-electron chi connectivity index (χ0n) is 21.1. The first-order chi connectivity index (χ1) is 14.8. The fourth-order valence-corrected chi connectivity index (χ4v) is 3.52. The van der Waals surface area contributed by atoms with Crippen LogP contribution >= 0.6 is 0 Å². The fourth-order valence-electron chi connectivity index (χ4n) is 3.52. The molecule has 0 aromatic carbocycles. The van der Waals surface area contributed by atoms with Crippen molar-refractivity contribution in [1.29, 1.82) is 0 Å². The summed E-state index contributed by atoms with van der Waals surface area (Å²) in [6.07, 6.45) is 18.3. The van der Waals surface area contributed by atoms with Crippen LogP contribution in [0.2, 0.25) is 0 Å². The van der Waals surface area contributed by atoms with E-state index < -0.39 is 11.4 Å². The Morgan fingerprint density at radius 3 is 1.26 bits per heavy atom. The highest BCUT2D eigenvalue weighted by atomic mass is 16.4. The summed E-state index contributed by atoms with van der Waals surface area (Å²) < 4.78 is 0. The summed E-state index contributed by atoms with van der Waals surface area (Å²) in [6.45, 7) is 7.95. The van der Waals surface area contributed by atoms with Crippen molar-refractivity contribution in [3.8, 4) is 0 Å². The first-order valence-corrected chi connectivity index (χ1v) is 12.9. The fraction of sp³-hybridized carbons (Fsp3) is 0.962. The molecule has 0 aliphatic rings. The predicted molar refractivity (Wildman–Crippen MR) is 130 cm³/mol. The van der Waals surface area contributed by atoms with Crippen molar-refractivity contribution in [2.75, 3.05) is 19.8 Å². The Morgan fingerprint density at radius 2 is 1.03 bits per heavy atom. The number of unbranched alkanes of at least 4 members (excludes halogenated alkanes) is 10. The van der Waals surface area contributed by atoms with Gasteiger partial charge in [0.1, 0.15) is 0 Å². The number of carboxylic acid groups (broad SMARTS) is 1. The molecule has 0 fully saturated rings. The maximum Gasteiger partial charge on any atom is 0.306 e. The average molecular weight is 447 g/mol. The molecule has 188 valence electrons. The van der Waals surface area contributed by atoms with Crippen LogP contribution in [0.15, 0.2) is 0 Å². The van der Waals surface area contributed by atoms with Gasteiger partial charge in [-0.15, -0.1) is 0 Å². The molecule has 0 radical (unpaired) electrons. The summed E-state index contributed by atoms with van der Waals surface area (Å²) in [5, 5.41) is 34.9. The van der Waals surface area contributed by atoms with E-state index in [9.17, 15) is 4.79 Å². The molecule has 0 amide bonds. The summed E-state index contributed by atoms with van der Waals surface area (Å²) in [7, 11) is 0. The molecule has 0 aliphatic heterocycles. The van der Waals surface area contributed by atoms with Crippen molar-refractivity contribution >= 4 is 5.97 Å². The zero-order valence-corrected chi connectivity index (χ0v) is 21.1. The first-order valence-electron chi connectivity index (χ1n) is 12.9. The minimum absolute atomic E-state index is 0.115. The van der Waals surface area contributed by atoms with Gasteiger partial charge in [0.05, 0.1) is 25.7 Å². The Kier molecular flexibility index (Phi) is 23.7. The van der Waals surface area contributed by atoms with Crippen LogP contribution in [0.25, 0.3) is 0 Å². The molecule has 0 aromatic heterocycles. The van der Waals surface area contributed by atoms with Crippen LogP contribution < -0.4 is 0 Å². The summed E-state index contributed by atoms with van der Waals surface area (Å²) >= 11 is 0. The lowest BCUT2D eigenvalue weighted by Crippen LogP contribution is -2.32. The molecule has 5 heteroatoms. The molecular formula is C26H54O5. The second kappa shape index (κ2) is 22.5. The van der Waals surface area contributed by atoms with Gasteiger partial charge in [-0.25, -0.2) is 0 Å². The predicted octanol–water partition coefficient (Wildman–Crippen LogP) is 6.18. The van der Waals surface area contributed by atoms with Crippen LogP contribution in [0.3, 0.4) is 0 Å². The zero-order chi connectivity index (χ0) is 24.0. The lowest BCUT2D eigenvalue weighted by molar-refractivity contribution is -0.142. The van der Waals surface area contributed by atoms with E-state index in [2.05, 4.69) is 13.8 Å². The number of carboxylic acids is 1. The maximum atomic E-state index is 10.9. The molecule has 0 aromatic rings. The van der Waals surface area contributed by atoms with E-state index in [0.29, 0.717) is 6.42 Å². The van der Waals surface area contributed by atoms with E-state index >= 15 is 0 Å². The standard InChI is InChI=1S/C20H40O2.C6H14O3/c1-4-19(20(21)22)17-15-13-11-9-7-5-6-8-10-12-14-16-18(2)3;1-2-6(3-7,4-8)5-9/h18-19H,4-17H2,1-3H3,(H,21,22);7-9H,2-5H2,1H3. The molecule has 0 aliphatic carbocycles. The third-order valence-corrected chi connectivity index (χ3v) is 6.43. The monoisotopic (exact) mass is 446 g/mol. The third kappa shape index (κ3) is 19.7. The highest BCUT2D eigenvalue weighted by Crippen LogP contribution is 2.18. The normalized spacial score (nSPS) is 12.5. The van der Waals surface area contributed by atoms with Gasteiger partial charge in [-0.1, -0.05) is 105 Å². The number of aliphatic carboxylic acids is 1. The van der Waals surface area contributed by atoms with Gasteiger partial charge in [0, 0.05) is 5.41 Å². The van der Waals surface area contributed by atoms with Crippen molar-refractivity contribution < 1.29 is 25.2 Å². The number of rotatable bonds is 20. The molecule has 4 N–H and O–H groups in total. The summed E-state index contributed by atoms with van der Waals surface area (Å²) in [4.78, 5) is 10.9. The first kappa shape index (κ1) is 32.5.